The maximum atomic E-state index is 13.6. The van der Waals surface area contributed by atoms with Gasteiger partial charge in [-0.25, -0.2) is 9.18 Å². The number of carbonyl (C=O) groups is 2. The number of carbonyl (C=O) groups excluding carboxylic acids is 1. The number of amides is 2. The van der Waals surface area contributed by atoms with Crippen molar-refractivity contribution >= 4 is 12.0 Å². The summed E-state index contributed by atoms with van der Waals surface area (Å²) >= 11 is 0. The lowest BCUT2D eigenvalue weighted by Crippen LogP contribution is -2.42. The molecular weight excluding hydrogens is 275 g/mol. The van der Waals surface area contributed by atoms with Gasteiger partial charge >= 0.3 is 12.0 Å². The molecule has 0 aliphatic heterocycles. The van der Waals surface area contributed by atoms with Crippen molar-refractivity contribution in [3.63, 3.8) is 0 Å². The fourth-order valence-corrected chi connectivity index (χ4v) is 2.66. The Labute approximate surface area is 122 Å². The predicted molar refractivity (Wildman–Crippen MR) is 75.2 cm³/mol. The van der Waals surface area contributed by atoms with E-state index in [1.165, 1.54) is 6.07 Å². The molecule has 0 bridgehead atoms. The van der Waals surface area contributed by atoms with Gasteiger partial charge in [0, 0.05) is 11.6 Å². The van der Waals surface area contributed by atoms with E-state index in [4.69, 9.17) is 5.11 Å². The average Bonchev–Trinajstić information content (AvgIpc) is 2.87. The number of rotatable bonds is 4. The Morgan fingerprint density at radius 2 is 2.05 bits per heavy atom. The van der Waals surface area contributed by atoms with Crippen LogP contribution in [0.3, 0.4) is 0 Å². The van der Waals surface area contributed by atoms with E-state index in [1.54, 1.807) is 25.1 Å². The molecule has 6 heteroatoms. The lowest BCUT2D eigenvalue weighted by atomic mass is 10.1. The zero-order valence-corrected chi connectivity index (χ0v) is 11.8. The summed E-state index contributed by atoms with van der Waals surface area (Å²) in [5.41, 5.74) is 0.419. The fourth-order valence-electron chi connectivity index (χ4n) is 2.66. The van der Waals surface area contributed by atoms with Crippen molar-refractivity contribution in [1.29, 1.82) is 0 Å². The summed E-state index contributed by atoms with van der Waals surface area (Å²) < 4.78 is 13.6. The van der Waals surface area contributed by atoms with E-state index in [0.717, 1.165) is 0 Å². The molecule has 0 heterocycles. The van der Waals surface area contributed by atoms with Crippen LogP contribution in [-0.2, 0) is 4.79 Å². The smallest absolute Gasteiger partial charge is 0.315 e. The first-order valence-corrected chi connectivity index (χ1v) is 7.01. The summed E-state index contributed by atoms with van der Waals surface area (Å²) in [5, 5.41) is 14.3. The minimum atomic E-state index is -0.820. The Bertz CT molecular complexity index is 535. The van der Waals surface area contributed by atoms with Crippen LogP contribution in [-0.4, -0.2) is 23.1 Å². The summed E-state index contributed by atoms with van der Waals surface area (Å²) in [5.74, 6) is -1.57. The Morgan fingerprint density at radius 1 is 1.33 bits per heavy atom. The Balaban J connectivity index is 1.85. The number of urea groups is 1. The molecule has 1 unspecified atom stereocenters. The number of carboxylic acids is 1. The van der Waals surface area contributed by atoms with Crippen LogP contribution in [0.1, 0.15) is 37.8 Å². The van der Waals surface area contributed by atoms with Crippen LogP contribution in [0.5, 0.6) is 0 Å². The summed E-state index contributed by atoms with van der Waals surface area (Å²) in [6.07, 6.45) is 1.67. The van der Waals surface area contributed by atoms with Crippen LogP contribution in [0.4, 0.5) is 9.18 Å². The topological polar surface area (TPSA) is 78.4 Å². The van der Waals surface area contributed by atoms with Crippen LogP contribution < -0.4 is 10.6 Å². The molecule has 5 nitrogen and oxygen atoms in total. The van der Waals surface area contributed by atoms with E-state index >= 15 is 0 Å². The maximum Gasteiger partial charge on any atom is 0.315 e. The Hall–Kier alpha value is -2.11. The van der Waals surface area contributed by atoms with Crippen LogP contribution >= 0.6 is 0 Å². The van der Waals surface area contributed by atoms with Gasteiger partial charge in [0.15, 0.2) is 0 Å². The standard InChI is InChI=1S/C15H19FN2O3/c1-9(12-4-2-3-5-13(12)16)17-15(21)18-11-7-6-10(8-11)14(19)20/h2-5,9-11H,6-8H2,1H3,(H,19,20)(H2,17,18,21)/t9?,10-,11+/m1/s1. The van der Waals surface area contributed by atoms with Gasteiger partial charge in [-0.1, -0.05) is 18.2 Å². The van der Waals surface area contributed by atoms with Crippen molar-refractivity contribution < 1.29 is 19.1 Å². The second-order valence-electron chi connectivity index (χ2n) is 5.41. The normalized spacial score (nSPS) is 22.6. The molecule has 0 aromatic heterocycles. The molecule has 1 aromatic rings. The third-order valence-electron chi connectivity index (χ3n) is 3.84. The van der Waals surface area contributed by atoms with Gasteiger partial charge in [0.25, 0.3) is 0 Å². The number of hydrogen-bond donors (Lipinski definition) is 3. The minimum absolute atomic E-state index is 0.140. The highest BCUT2D eigenvalue weighted by Gasteiger charge is 2.30. The highest BCUT2D eigenvalue weighted by molar-refractivity contribution is 5.75. The second-order valence-corrected chi connectivity index (χ2v) is 5.41. The van der Waals surface area contributed by atoms with Crippen molar-refractivity contribution in [2.75, 3.05) is 0 Å². The maximum absolute atomic E-state index is 13.6. The van der Waals surface area contributed by atoms with Gasteiger partial charge in [-0.15, -0.1) is 0 Å². The molecule has 114 valence electrons. The van der Waals surface area contributed by atoms with Gasteiger partial charge in [0.2, 0.25) is 0 Å². The molecule has 0 radical (unpaired) electrons. The van der Waals surface area contributed by atoms with Crippen molar-refractivity contribution in [2.45, 2.75) is 38.3 Å². The highest BCUT2D eigenvalue weighted by atomic mass is 19.1. The Kier molecular flexibility index (Phi) is 4.77. The largest absolute Gasteiger partial charge is 0.481 e. The zero-order chi connectivity index (χ0) is 15.4. The first-order valence-electron chi connectivity index (χ1n) is 7.01. The molecule has 2 amide bonds. The first kappa shape index (κ1) is 15.3. The van der Waals surface area contributed by atoms with Gasteiger partial charge in [0.05, 0.1) is 12.0 Å². The molecule has 0 saturated heterocycles. The van der Waals surface area contributed by atoms with E-state index < -0.39 is 18.0 Å². The van der Waals surface area contributed by atoms with Gasteiger partial charge < -0.3 is 15.7 Å². The number of halogens is 1. The van der Waals surface area contributed by atoms with E-state index in [-0.39, 0.29) is 17.8 Å². The zero-order valence-electron chi connectivity index (χ0n) is 11.8. The van der Waals surface area contributed by atoms with Gasteiger partial charge in [-0.3, -0.25) is 4.79 Å². The van der Waals surface area contributed by atoms with Crippen molar-refractivity contribution in [1.82, 2.24) is 10.6 Å². The highest BCUT2D eigenvalue weighted by Crippen LogP contribution is 2.25. The summed E-state index contributed by atoms with van der Waals surface area (Å²) in [6.45, 7) is 1.70. The number of benzene rings is 1. The molecule has 2 rings (SSSR count). The van der Waals surface area contributed by atoms with Crippen LogP contribution in [0.15, 0.2) is 24.3 Å². The summed E-state index contributed by atoms with van der Waals surface area (Å²) in [6, 6.07) is 5.28. The average molecular weight is 294 g/mol. The molecule has 1 aromatic carbocycles. The summed E-state index contributed by atoms with van der Waals surface area (Å²) in [4.78, 5) is 22.7. The first-order chi connectivity index (χ1) is 9.97. The monoisotopic (exact) mass is 294 g/mol. The van der Waals surface area contributed by atoms with E-state index in [9.17, 15) is 14.0 Å². The predicted octanol–water partition coefficient (Wildman–Crippen LogP) is 2.44. The van der Waals surface area contributed by atoms with Gasteiger partial charge in [0.1, 0.15) is 5.82 Å². The Morgan fingerprint density at radius 3 is 2.67 bits per heavy atom. The van der Waals surface area contributed by atoms with Crippen LogP contribution in [0, 0.1) is 11.7 Å². The lowest BCUT2D eigenvalue weighted by Gasteiger charge is -2.18. The molecule has 1 aliphatic rings. The van der Waals surface area contributed by atoms with Crippen molar-refractivity contribution in [3.05, 3.63) is 35.6 Å². The number of aliphatic carboxylic acids is 1. The molecule has 3 atom stereocenters. The molecule has 1 aliphatic carbocycles. The third kappa shape index (κ3) is 3.93. The summed E-state index contributed by atoms with van der Waals surface area (Å²) in [7, 11) is 0. The molecule has 1 saturated carbocycles. The SMILES string of the molecule is CC(NC(=O)N[C@H]1CC[C@@H](C(=O)O)C1)c1ccccc1F. The lowest BCUT2D eigenvalue weighted by molar-refractivity contribution is -0.141. The van der Waals surface area contributed by atoms with Gasteiger partial charge in [-0.2, -0.15) is 0 Å². The number of carboxylic acid groups (broad SMARTS) is 1. The fraction of sp³-hybridized carbons (Fsp3) is 0.467. The van der Waals surface area contributed by atoms with E-state index in [2.05, 4.69) is 10.6 Å². The molecule has 21 heavy (non-hydrogen) atoms. The molecule has 1 fully saturated rings. The van der Waals surface area contributed by atoms with E-state index in [1.807, 2.05) is 0 Å². The van der Waals surface area contributed by atoms with Crippen molar-refractivity contribution in [3.8, 4) is 0 Å². The molecule has 0 spiro atoms. The van der Waals surface area contributed by atoms with Gasteiger partial charge in [-0.05, 0) is 32.3 Å². The van der Waals surface area contributed by atoms with Crippen LogP contribution in [0.2, 0.25) is 0 Å². The molecule has 3 N–H and O–H groups in total. The van der Waals surface area contributed by atoms with Crippen LogP contribution in [0.25, 0.3) is 0 Å². The number of hydrogen-bond acceptors (Lipinski definition) is 2. The minimum Gasteiger partial charge on any atom is -0.481 e. The second kappa shape index (κ2) is 6.56. The quantitative estimate of drug-likeness (QED) is 0.798. The van der Waals surface area contributed by atoms with E-state index in [0.29, 0.717) is 24.8 Å². The molecular formula is C15H19FN2O3. The number of nitrogens with one attached hydrogen (secondary N) is 2. The third-order valence-corrected chi connectivity index (χ3v) is 3.84. The van der Waals surface area contributed by atoms with Crippen molar-refractivity contribution in [2.24, 2.45) is 5.92 Å².